The van der Waals surface area contributed by atoms with Crippen molar-refractivity contribution in [2.24, 2.45) is 5.92 Å². The molecule has 180 valence electrons. The summed E-state index contributed by atoms with van der Waals surface area (Å²) in [6, 6.07) is 7.99. The van der Waals surface area contributed by atoms with E-state index in [1.165, 1.54) is 6.07 Å². The van der Waals surface area contributed by atoms with E-state index in [4.69, 9.17) is 30.6 Å². The first kappa shape index (κ1) is 24.1. The van der Waals surface area contributed by atoms with Gasteiger partial charge in [0.05, 0.1) is 34.6 Å². The van der Waals surface area contributed by atoms with Crippen molar-refractivity contribution < 1.29 is 37.0 Å². The SMILES string of the molecule is Cc1cc(-c2cc(=O)c3ccc(C(F)(F)F)c(Cl)c3o2)ccc1OCCOC1CC(C(=O)O)C1. The highest BCUT2D eigenvalue weighted by Crippen LogP contribution is 2.39. The zero-order valence-electron chi connectivity index (χ0n) is 17.9. The summed E-state index contributed by atoms with van der Waals surface area (Å²) < 4.78 is 56.5. The van der Waals surface area contributed by atoms with Gasteiger partial charge in [-0.05, 0) is 55.7 Å². The Bertz CT molecular complexity index is 1290. The fourth-order valence-electron chi connectivity index (χ4n) is 3.78. The second-order valence-corrected chi connectivity index (χ2v) is 8.48. The highest BCUT2D eigenvalue weighted by molar-refractivity contribution is 6.35. The van der Waals surface area contributed by atoms with Crippen molar-refractivity contribution >= 4 is 28.5 Å². The smallest absolute Gasteiger partial charge is 0.417 e. The van der Waals surface area contributed by atoms with E-state index < -0.39 is 28.2 Å². The number of carbonyl (C=O) groups is 1. The summed E-state index contributed by atoms with van der Waals surface area (Å²) in [5, 5.41) is 8.17. The van der Waals surface area contributed by atoms with Gasteiger partial charge < -0.3 is 19.0 Å². The number of ether oxygens (including phenoxy) is 2. The van der Waals surface area contributed by atoms with Crippen LogP contribution >= 0.6 is 11.6 Å². The van der Waals surface area contributed by atoms with Crippen LogP contribution < -0.4 is 10.2 Å². The zero-order chi connectivity index (χ0) is 24.6. The number of halogens is 4. The third-order valence-corrected chi connectivity index (χ3v) is 6.12. The average molecular weight is 497 g/mol. The van der Waals surface area contributed by atoms with Crippen molar-refractivity contribution in [1.29, 1.82) is 0 Å². The molecule has 2 aromatic carbocycles. The van der Waals surface area contributed by atoms with Crippen LogP contribution in [-0.2, 0) is 15.7 Å². The van der Waals surface area contributed by atoms with Crippen molar-refractivity contribution in [3.63, 3.8) is 0 Å². The molecule has 1 N–H and O–H groups in total. The van der Waals surface area contributed by atoms with Gasteiger partial charge in [-0.15, -0.1) is 0 Å². The second-order valence-electron chi connectivity index (χ2n) is 8.10. The molecule has 1 heterocycles. The van der Waals surface area contributed by atoms with E-state index in [1.807, 2.05) is 0 Å². The largest absolute Gasteiger partial charge is 0.491 e. The van der Waals surface area contributed by atoms with Gasteiger partial charge in [-0.1, -0.05) is 11.6 Å². The fourth-order valence-corrected chi connectivity index (χ4v) is 4.09. The van der Waals surface area contributed by atoms with E-state index in [0.717, 1.165) is 12.1 Å². The molecule has 0 radical (unpaired) electrons. The molecule has 3 aromatic rings. The van der Waals surface area contributed by atoms with Crippen molar-refractivity contribution in [1.82, 2.24) is 0 Å². The van der Waals surface area contributed by atoms with Crippen molar-refractivity contribution in [2.75, 3.05) is 13.2 Å². The van der Waals surface area contributed by atoms with Gasteiger partial charge in [-0.2, -0.15) is 13.2 Å². The highest BCUT2D eigenvalue weighted by atomic mass is 35.5. The van der Waals surface area contributed by atoms with Crippen molar-refractivity contribution in [3.05, 3.63) is 62.8 Å². The van der Waals surface area contributed by atoms with Crippen LogP contribution in [0.1, 0.15) is 24.0 Å². The quantitative estimate of drug-likeness (QED) is 0.422. The summed E-state index contributed by atoms with van der Waals surface area (Å²) in [5.74, 6) is -0.512. The Morgan fingerprint density at radius 3 is 2.56 bits per heavy atom. The number of aliphatic carboxylic acids is 1. The number of rotatable bonds is 7. The molecule has 0 spiro atoms. The number of benzene rings is 2. The summed E-state index contributed by atoms with van der Waals surface area (Å²) in [6.07, 6.45) is -3.77. The molecule has 1 aliphatic carbocycles. The van der Waals surface area contributed by atoms with Crippen LogP contribution in [-0.4, -0.2) is 30.4 Å². The van der Waals surface area contributed by atoms with Crippen LogP contribution in [0.15, 0.2) is 45.6 Å². The van der Waals surface area contributed by atoms with Gasteiger partial charge in [0.15, 0.2) is 11.0 Å². The van der Waals surface area contributed by atoms with Crippen LogP contribution in [0, 0.1) is 12.8 Å². The van der Waals surface area contributed by atoms with E-state index in [1.54, 1.807) is 25.1 Å². The molecule has 34 heavy (non-hydrogen) atoms. The van der Waals surface area contributed by atoms with Crippen LogP contribution in [0.2, 0.25) is 5.02 Å². The lowest BCUT2D eigenvalue weighted by Crippen LogP contribution is -2.37. The first-order valence-electron chi connectivity index (χ1n) is 10.5. The Labute approximate surface area is 196 Å². The van der Waals surface area contributed by atoms with Gasteiger partial charge in [0, 0.05) is 11.6 Å². The monoisotopic (exact) mass is 496 g/mol. The van der Waals surface area contributed by atoms with E-state index in [-0.39, 0.29) is 35.4 Å². The molecule has 10 heteroatoms. The summed E-state index contributed by atoms with van der Waals surface area (Å²) in [6.45, 7) is 2.34. The maximum Gasteiger partial charge on any atom is 0.417 e. The molecule has 0 unspecified atom stereocenters. The minimum Gasteiger partial charge on any atom is -0.491 e. The molecule has 0 bridgehead atoms. The molecule has 6 nitrogen and oxygen atoms in total. The number of hydrogen-bond donors (Lipinski definition) is 1. The van der Waals surface area contributed by atoms with Crippen molar-refractivity contribution in [3.8, 4) is 17.1 Å². The molecule has 1 aliphatic rings. The zero-order valence-corrected chi connectivity index (χ0v) is 18.7. The molecule has 1 aromatic heterocycles. The Balaban J connectivity index is 1.48. The van der Waals surface area contributed by atoms with Gasteiger partial charge in [0.2, 0.25) is 0 Å². The van der Waals surface area contributed by atoms with Gasteiger partial charge in [-0.25, -0.2) is 0 Å². The number of carboxylic acids is 1. The number of carboxylic acid groups (broad SMARTS) is 1. The Hall–Kier alpha value is -3.04. The van der Waals surface area contributed by atoms with Crippen molar-refractivity contribution in [2.45, 2.75) is 32.0 Å². The van der Waals surface area contributed by atoms with E-state index in [0.29, 0.717) is 36.3 Å². The first-order valence-corrected chi connectivity index (χ1v) is 10.8. The highest BCUT2D eigenvalue weighted by Gasteiger charge is 2.35. The molecule has 0 saturated heterocycles. The molecule has 1 fully saturated rings. The summed E-state index contributed by atoms with van der Waals surface area (Å²) in [4.78, 5) is 23.3. The summed E-state index contributed by atoms with van der Waals surface area (Å²) in [5.41, 5.74) is -0.726. The summed E-state index contributed by atoms with van der Waals surface area (Å²) >= 11 is 5.93. The molecular formula is C24H20ClF3O6. The average Bonchev–Trinajstić information content (AvgIpc) is 2.72. The van der Waals surface area contributed by atoms with Gasteiger partial charge in [0.1, 0.15) is 18.1 Å². The number of hydrogen-bond acceptors (Lipinski definition) is 5. The van der Waals surface area contributed by atoms with Crippen LogP contribution in [0.3, 0.4) is 0 Å². The lowest BCUT2D eigenvalue weighted by atomic mass is 9.82. The van der Waals surface area contributed by atoms with E-state index in [9.17, 15) is 22.8 Å². The fraction of sp³-hybridized carbons (Fsp3) is 0.333. The van der Waals surface area contributed by atoms with Gasteiger partial charge >= 0.3 is 12.1 Å². The number of aryl methyl sites for hydroxylation is 1. The van der Waals surface area contributed by atoms with E-state index >= 15 is 0 Å². The number of alkyl halides is 3. The Morgan fingerprint density at radius 1 is 1.18 bits per heavy atom. The molecule has 0 amide bonds. The topological polar surface area (TPSA) is 86.0 Å². The summed E-state index contributed by atoms with van der Waals surface area (Å²) in [7, 11) is 0. The second kappa shape index (κ2) is 9.31. The lowest BCUT2D eigenvalue weighted by molar-refractivity contribution is -0.151. The van der Waals surface area contributed by atoms with Crippen LogP contribution in [0.5, 0.6) is 5.75 Å². The standard InChI is InChI=1S/C24H20ClF3O6/c1-12-8-13(2-5-19(12)33-7-6-32-15-9-14(10-15)23(30)31)20-11-18(29)16-3-4-17(24(26,27)28)21(25)22(16)34-20/h2-5,8,11,14-15H,6-7,9-10H2,1H3,(H,30,31). The molecule has 1 saturated carbocycles. The molecular weight excluding hydrogens is 477 g/mol. The predicted octanol–water partition coefficient (Wildman–Crippen LogP) is 5.70. The lowest BCUT2D eigenvalue weighted by Gasteiger charge is -2.32. The van der Waals surface area contributed by atoms with Gasteiger partial charge in [-0.3, -0.25) is 9.59 Å². The maximum absolute atomic E-state index is 13.2. The Morgan fingerprint density at radius 2 is 1.91 bits per heavy atom. The number of fused-ring (bicyclic) bond motifs is 1. The minimum absolute atomic E-state index is 0.0421. The normalized spacial score (nSPS) is 18.0. The van der Waals surface area contributed by atoms with Crippen LogP contribution in [0.4, 0.5) is 13.2 Å². The third kappa shape index (κ3) is 4.90. The van der Waals surface area contributed by atoms with E-state index in [2.05, 4.69) is 0 Å². The molecule has 0 atom stereocenters. The molecule has 0 aliphatic heterocycles. The Kier molecular flexibility index (Phi) is 6.60. The van der Waals surface area contributed by atoms with Gasteiger partial charge in [0.25, 0.3) is 0 Å². The maximum atomic E-state index is 13.2. The first-order chi connectivity index (χ1) is 16.0. The third-order valence-electron chi connectivity index (χ3n) is 5.74. The van der Waals surface area contributed by atoms with Crippen LogP contribution in [0.25, 0.3) is 22.3 Å². The minimum atomic E-state index is -4.68. The molecule has 4 rings (SSSR count). The predicted molar refractivity (Wildman–Crippen MR) is 118 cm³/mol.